The number of aryl methyl sites for hydroxylation is 1. The molecule has 72 valence electrons. The monoisotopic (exact) mass is 254 g/mol. The van der Waals surface area contributed by atoms with Crippen molar-refractivity contribution in [3.63, 3.8) is 0 Å². The van der Waals surface area contributed by atoms with Gasteiger partial charge in [0.15, 0.2) is 0 Å². The van der Waals surface area contributed by atoms with Crippen molar-refractivity contribution in [1.82, 2.24) is 10.2 Å². The zero-order valence-corrected chi connectivity index (χ0v) is 9.10. The van der Waals surface area contributed by atoms with Gasteiger partial charge in [0.05, 0.1) is 5.69 Å². The summed E-state index contributed by atoms with van der Waals surface area (Å²) >= 11 is 3.30. The van der Waals surface area contributed by atoms with Gasteiger partial charge in [0.25, 0.3) is 0 Å². The number of halogens is 2. The number of hydrogen-bond donors (Lipinski definition) is 1. The molecule has 0 aliphatic rings. The zero-order chi connectivity index (χ0) is 10.1. The molecule has 0 aliphatic carbocycles. The zero-order valence-electron chi connectivity index (χ0n) is 7.51. The van der Waals surface area contributed by atoms with E-state index in [9.17, 15) is 4.39 Å². The topological polar surface area (TPSA) is 28.7 Å². The minimum atomic E-state index is -0.257. The highest BCUT2D eigenvalue weighted by atomic mass is 79.9. The largest absolute Gasteiger partial charge is 0.282 e. The lowest BCUT2D eigenvalue weighted by molar-refractivity contribution is 0.627. The number of nitrogens with one attached hydrogen (secondary N) is 1. The summed E-state index contributed by atoms with van der Waals surface area (Å²) in [6.45, 7) is 1.92. The molecule has 0 amide bonds. The summed E-state index contributed by atoms with van der Waals surface area (Å²) in [5, 5.41) is 6.94. The maximum atomic E-state index is 12.8. The van der Waals surface area contributed by atoms with Crippen molar-refractivity contribution in [3.8, 4) is 11.3 Å². The van der Waals surface area contributed by atoms with Crippen molar-refractivity contribution in [2.24, 2.45) is 0 Å². The predicted molar refractivity (Wildman–Crippen MR) is 56.4 cm³/mol. The van der Waals surface area contributed by atoms with Crippen LogP contribution >= 0.6 is 15.9 Å². The van der Waals surface area contributed by atoms with E-state index in [1.807, 2.05) is 13.0 Å². The molecule has 0 radical (unpaired) electrons. The minimum absolute atomic E-state index is 0.257. The second-order valence-corrected chi connectivity index (χ2v) is 3.91. The third-order valence-electron chi connectivity index (χ3n) is 1.91. The van der Waals surface area contributed by atoms with Crippen LogP contribution in [0.15, 0.2) is 28.7 Å². The summed E-state index contributed by atoms with van der Waals surface area (Å²) in [7, 11) is 0. The van der Waals surface area contributed by atoms with Crippen LogP contribution in [-0.4, -0.2) is 10.2 Å². The Morgan fingerprint density at radius 3 is 2.71 bits per heavy atom. The third kappa shape index (κ3) is 1.70. The van der Waals surface area contributed by atoms with Gasteiger partial charge in [-0.05, 0) is 47.1 Å². The van der Waals surface area contributed by atoms with Crippen molar-refractivity contribution < 1.29 is 4.39 Å². The molecule has 0 saturated carbocycles. The maximum absolute atomic E-state index is 12.8. The molecule has 14 heavy (non-hydrogen) atoms. The van der Waals surface area contributed by atoms with Gasteiger partial charge in [-0.25, -0.2) is 4.39 Å². The highest BCUT2D eigenvalue weighted by molar-refractivity contribution is 9.10. The normalized spacial score (nSPS) is 10.5. The number of benzene rings is 1. The number of hydrogen-bond acceptors (Lipinski definition) is 1. The Balaban J connectivity index is 2.52. The molecular formula is C10H8BrFN2. The molecule has 1 heterocycles. The molecule has 1 aromatic carbocycles. The Morgan fingerprint density at radius 1 is 1.36 bits per heavy atom. The summed E-state index contributed by atoms with van der Waals surface area (Å²) in [6.07, 6.45) is 0. The SMILES string of the molecule is Cc1cc(-c2ccc(F)cc2Br)n[nH]1. The van der Waals surface area contributed by atoms with Crippen LogP contribution in [0.1, 0.15) is 5.69 Å². The Morgan fingerprint density at radius 2 is 2.14 bits per heavy atom. The lowest BCUT2D eigenvalue weighted by Gasteiger charge is -1.99. The van der Waals surface area contributed by atoms with E-state index in [1.165, 1.54) is 12.1 Å². The Hall–Kier alpha value is -1.16. The average molecular weight is 255 g/mol. The summed E-state index contributed by atoms with van der Waals surface area (Å²) in [5.41, 5.74) is 2.68. The van der Waals surface area contributed by atoms with Gasteiger partial charge in [0.1, 0.15) is 5.82 Å². The van der Waals surface area contributed by atoms with Gasteiger partial charge in [-0.2, -0.15) is 5.10 Å². The first-order valence-electron chi connectivity index (χ1n) is 4.14. The van der Waals surface area contributed by atoms with Crippen LogP contribution in [0.25, 0.3) is 11.3 Å². The van der Waals surface area contributed by atoms with E-state index in [0.29, 0.717) is 4.47 Å². The summed E-state index contributed by atoms with van der Waals surface area (Å²) in [5.74, 6) is -0.257. The first kappa shape index (κ1) is 9.40. The fraction of sp³-hybridized carbons (Fsp3) is 0.100. The van der Waals surface area contributed by atoms with Gasteiger partial charge in [-0.1, -0.05) is 0 Å². The van der Waals surface area contributed by atoms with Gasteiger partial charge in [-0.3, -0.25) is 5.10 Å². The first-order valence-corrected chi connectivity index (χ1v) is 4.93. The number of aromatic nitrogens is 2. The van der Waals surface area contributed by atoms with E-state index in [2.05, 4.69) is 26.1 Å². The van der Waals surface area contributed by atoms with E-state index in [0.717, 1.165) is 17.0 Å². The molecule has 0 unspecified atom stereocenters. The lowest BCUT2D eigenvalue weighted by atomic mass is 10.1. The highest BCUT2D eigenvalue weighted by Crippen LogP contribution is 2.27. The first-order chi connectivity index (χ1) is 6.66. The van der Waals surface area contributed by atoms with Crippen LogP contribution in [0.5, 0.6) is 0 Å². The number of H-pyrrole nitrogens is 1. The third-order valence-corrected chi connectivity index (χ3v) is 2.57. The molecule has 2 nitrogen and oxygen atoms in total. The predicted octanol–water partition coefficient (Wildman–Crippen LogP) is 3.29. The van der Waals surface area contributed by atoms with Crippen LogP contribution in [0.4, 0.5) is 4.39 Å². The van der Waals surface area contributed by atoms with Crippen molar-refractivity contribution >= 4 is 15.9 Å². The molecule has 2 aromatic rings. The van der Waals surface area contributed by atoms with Gasteiger partial charge in [0, 0.05) is 15.7 Å². The van der Waals surface area contributed by atoms with Gasteiger partial charge < -0.3 is 0 Å². The Bertz CT molecular complexity index is 465. The van der Waals surface area contributed by atoms with E-state index in [-0.39, 0.29) is 5.82 Å². The lowest BCUT2D eigenvalue weighted by Crippen LogP contribution is -1.82. The van der Waals surface area contributed by atoms with Crippen molar-refractivity contribution in [1.29, 1.82) is 0 Å². The molecule has 0 aliphatic heterocycles. The van der Waals surface area contributed by atoms with Gasteiger partial charge in [-0.15, -0.1) is 0 Å². The minimum Gasteiger partial charge on any atom is -0.282 e. The van der Waals surface area contributed by atoms with Crippen molar-refractivity contribution in [2.45, 2.75) is 6.92 Å². The van der Waals surface area contributed by atoms with E-state index >= 15 is 0 Å². The molecular weight excluding hydrogens is 247 g/mol. The molecule has 2 rings (SSSR count). The van der Waals surface area contributed by atoms with Crippen molar-refractivity contribution in [2.75, 3.05) is 0 Å². The van der Waals surface area contributed by atoms with E-state index < -0.39 is 0 Å². The molecule has 4 heteroatoms. The van der Waals surface area contributed by atoms with Gasteiger partial charge in [0.2, 0.25) is 0 Å². The smallest absolute Gasteiger partial charge is 0.124 e. The Kier molecular flexibility index (Phi) is 2.37. The van der Waals surface area contributed by atoms with Crippen LogP contribution < -0.4 is 0 Å². The van der Waals surface area contributed by atoms with Crippen LogP contribution in [0, 0.1) is 12.7 Å². The fourth-order valence-electron chi connectivity index (χ4n) is 1.25. The van der Waals surface area contributed by atoms with Gasteiger partial charge >= 0.3 is 0 Å². The van der Waals surface area contributed by atoms with E-state index in [1.54, 1.807) is 6.07 Å². The number of nitrogens with zero attached hydrogens (tertiary/aromatic N) is 1. The number of rotatable bonds is 1. The molecule has 0 atom stereocenters. The van der Waals surface area contributed by atoms with Crippen LogP contribution in [0.3, 0.4) is 0 Å². The molecule has 0 fully saturated rings. The quantitative estimate of drug-likeness (QED) is 0.832. The maximum Gasteiger partial charge on any atom is 0.124 e. The number of aromatic amines is 1. The molecule has 1 aromatic heterocycles. The average Bonchev–Trinajstić information content (AvgIpc) is 2.51. The molecule has 0 bridgehead atoms. The Labute approximate surface area is 89.3 Å². The highest BCUT2D eigenvalue weighted by Gasteiger charge is 2.06. The van der Waals surface area contributed by atoms with Crippen LogP contribution in [0.2, 0.25) is 0 Å². The summed E-state index contributed by atoms with van der Waals surface area (Å²) < 4.78 is 13.5. The second-order valence-electron chi connectivity index (χ2n) is 3.06. The van der Waals surface area contributed by atoms with Crippen molar-refractivity contribution in [3.05, 3.63) is 40.2 Å². The second kappa shape index (κ2) is 3.53. The standard InChI is InChI=1S/C10H8BrFN2/c1-6-4-10(14-13-6)8-3-2-7(12)5-9(8)11/h2-5H,1H3,(H,13,14). The summed E-state index contributed by atoms with van der Waals surface area (Å²) in [4.78, 5) is 0. The summed E-state index contributed by atoms with van der Waals surface area (Å²) in [6, 6.07) is 6.47. The molecule has 0 spiro atoms. The molecule has 1 N–H and O–H groups in total. The molecule has 0 saturated heterocycles. The fourth-order valence-corrected chi connectivity index (χ4v) is 1.81. The van der Waals surface area contributed by atoms with Crippen LogP contribution in [-0.2, 0) is 0 Å². The van der Waals surface area contributed by atoms with E-state index in [4.69, 9.17) is 0 Å².